The molecule has 11 heavy (non-hydrogen) atoms. The Morgan fingerprint density at radius 3 is 1.36 bits per heavy atom. The van der Waals surface area contributed by atoms with E-state index in [-0.39, 0.29) is 40.4 Å². The van der Waals surface area contributed by atoms with Crippen LogP contribution in [-0.4, -0.2) is 0 Å². The van der Waals surface area contributed by atoms with Gasteiger partial charge in [0.2, 0.25) is 0 Å². The molecule has 1 heteroatoms. The first-order valence-electron chi connectivity index (χ1n) is 3.43. The Bertz CT molecular complexity index is 143. The molecular formula is C10H10Sm-2. The van der Waals surface area contributed by atoms with Gasteiger partial charge >= 0.3 is 0 Å². The third kappa shape index (κ3) is 6.69. The van der Waals surface area contributed by atoms with Gasteiger partial charge in [0.25, 0.3) is 0 Å². The number of hydrogen-bond acceptors (Lipinski definition) is 0. The second-order valence-corrected chi connectivity index (χ2v) is 2.01. The largest absolute Gasteiger partial charge is 0.273 e. The van der Waals surface area contributed by atoms with E-state index in [4.69, 9.17) is 0 Å². The van der Waals surface area contributed by atoms with Crippen LogP contribution in [-0.2, 0) is 0 Å². The molecule has 0 amide bonds. The van der Waals surface area contributed by atoms with Gasteiger partial charge in [-0.05, 0) is 0 Å². The Hall–Kier alpha value is 0.298. The molecule has 0 atom stereocenters. The molecule has 2 aliphatic rings. The summed E-state index contributed by atoms with van der Waals surface area (Å²) in [6.07, 6.45) is 20.0. The Balaban J connectivity index is 0.000000167. The summed E-state index contributed by atoms with van der Waals surface area (Å²) in [5.74, 6) is 0. The van der Waals surface area contributed by atoms with E-state index in [1.165, 1.54) is 0 Å². The van der Waals surface area contributed by atoms with Crippen LogP contribution in [0.15, 0.2) is 36.5 Å². The molecule has 58 valence electrons. The summed E-state index contributed by atoms with van der Waals surface area (Å²) < 4.78 is 0. The van der Waals surface area contributed by atoms with E-state index < -0.39 is 0 Å². The van der Waals surface area contributed by atoms with E-state index in [0.717, 1.165) is 12.8 Å². The zero-order chi connectivity index (χ0) is 7.07. The molecule has 0 aromatic rings. The third-order valence-corrected chi connectivity index (χ3v) is 1.17. The Labute approximate surface area is 101 Å². The zero-order valence-electron chi connectivity index (χ0n) is 6.29. The van der Waals surface area contributed by atoms with Gasteiger partial charge in [-0.25, -0.2) is 24.3 Å². The maximum atomic E-state index is 2.99. The molecule has 0 aliphatic heterocycles. The average molecular weight is 281 g/mol. The maximum Gasteiger partial charge on any atom is 0 e. The Morgan fingerprint density at radius 2 is 1.27 bits per heavy atom. The van der Waals surface area contributed by atoms with Crippen LogP contribution < -0.4 is 0 Å². The minimum Gasteiger partial charge on any atom is -0.273 e. The van der Waals surface area contributed by atoms with Crippen LogP contribution in [0, 0.1) is 52.5 Å². The molecule has 2 aliphatic carbocycles. The second kappa shape index (κ2) is 8.39. The fourth-order valence-electron chi connectivity index (χ4n) is 0.680. The van der Waals surface area contributed by atoms with Gasteiger partial charge < -0.3 is 0 Å². The molecule has 0 nitrogen and oxygen atoms in total. The average Bonchev–Trinajstić information content (AvgIpc) is 2.67. The van der Waals surface area contributed by atoms with Gasteiger partial charge in [0.1, 0.15) is 0 Å². The summed E-state index contributed by atoms with van der Waals surface area (Å²) in [6, 6.07) is 0. The first-order chi connectivity index (χ1) is 5.00. The van der Waals surface area contributed by atoms with Crippen molar-refractivity contribution in [3.8, 4) is 0 Å². The molecule has 0 heterocycles. The molecule has 0 spiro atoms. The van der Waals surface area contributed by atoms with Gasteiger partial charge in [-0.2, -0.15) is 12.2 Å². The molecule has 0 radical (unpaired) electrons. The van der Waals surface area contributed by atoms with Crippen LogP contribution >= 0.6 is 0 Å². The van der Waals surface area contributed by atoms with E-state index in [1.54, 1.807) is 0 Å². The fourth-order valence-corrected chi connectivity index (χ4v) is 0.680. The van der Waals surface area contributed by atoms with Crippen molar-refractivity contribution in [2.24, 2.45) is 0 Å². The minimum absolute atomic E-state index is 0. The normalized spacial score (nSPS) is 16.0. The van der Waals surface area contributed by atoms with Gasteiger partial charge in [0.05, 0.1) is 0 Å². The van der Waals surface area contributed by atoms with Crippen molar-refractivity contribution in [2.45, 2.75) is 12.8 Å². The Kier molecular flexibility index (Phi) is 8.62. The number of allylic oxidation sites excluding steroid dienone is 8. The molecule has 0 fully saturated rings. The topological polar surface area (TPSA) is 0 Å². The molecule has 0 saturated carbocycles. The van der Waals surface area contributed by atoms with Crippen LogP contribution in [0.5, 0.6) is 0 Å². The number of hydrogen-bond donors (Lipinski definition) is 0. The van der Waals surface area contributed by atoms with Gasteiger partial charge in [0, 0.05) is 40.4 Å². The summed E-state index contributed by atoms with van der Waals surface area (Å²) in [5, 5.41) is 0. The maximum absolute atomic E-state index is 2.99. The standard InChI is InChI=1S/2C5H5.Sm/c2*1-2-4-5-3-1;/h2*1-3H,4H2;/q2*-1;. The van der Waals surface area contributed by atoms with Crippen molar-refractivity contribution in [2.75, 3.05) is 0 Å². The van der Waals surface area contributed by atoms with Gasteiger partial charge in [-0.1, -0.05) is 0 Å². The molecule has 0 unspecified atom stereocenters. The van der Waals surface area contributed by atoms with E-state index >= 15 is 0 Å². The van der Waals surface area contributed by atoms with Gasteiger partial charge in [-0.15, -0.1) is 12.8 Å². The minimum atomic E-state index is 0. The van der Waals surface area contributed by atoms with Crippen LogP contribution in [0.2, 0.25) is 0 Å². The summed E-state index contributed by atoms with van der Waals surface area (Å²) in [4.78, 5) is 0. The summed E-state index contributed by atoms with van der Waals surface area (Å²) >= 11 is 0. The van der Waals surface area contributed by atoms with Crippen LogP contribution in [0.1, 0.15) is 12.8 Å². The first kappa shape index (κ1) is 11.3. The van der Waals surface area contributed by atoms with Gasteiger partial charge in [0.15, 0.2) is 0 Å². The quantitative estimate of drug-likeness (QED) is 0.598. The summed E-state index contributed by atoms with van der Waals surface area (Å²) in [5.41, 5.74) is 0. The van der Waals surface area contributed by atoms with Gasteiger partial charge in [-0.3, -0.25) is 12.2 Å². The second-order valence-electron chi connectivity index (χ2n) is 2.01. The van der Waals surface area contributed by atoms with Crippen molar-refractivity contribution in [1.82, 2.24) is 0 Å². The van der Waals surface area contributed by atoms with E-state index in [1.807, 2.05) is 24.3 Å². The van der Waals surface area contributed by atoms with Crippen molar-refractivity contribution in [1.29, 1.82) is 0 Å². The SMILES string of the molecule is [C-]1=CC=CC1.[C-]1=CC=CC1.[Sm]. The molecule has 0 saturated heterocycles. The van der Waals surface area contributed by atoms with Crippen LogP contribution in [0.3, 0.4) is 0 Å². The molecular weight excluding hydrogens is 270 g/mol. The molecule has 0 aromatic carbocycles. The van der Waals surface area contributed by atoms with Crippen molar-refractivity contribution >= 4 is 0 Å². The van der Waals surface area contributed by atoms with Crippen molar-refractivity contribution in [3.05, 3.63) is 48.6 Å². The molecule has 0 aromatic heterocycles. The van der Waals surface area contributed by atoms with Crippen LogP contribution in [0.25, 0.3) is 0 Å². The Morgan fingerprint density at radius 1 is 0.818 bits per heavy atom. The predicted molar refractivity (Wildman–Crippen MR) is 43.1 cm³/mol. The third-order valence-electron chi connectivity index (χ3n) is 1.17. The summed E-state index contributed by atoms with van der Waals surface area (Å²) in [6.45, 7) is 0. The first-order valence-corrected chi connectivity index (χ1v) is 3.43. The summed E-state index contributed by atoms with van der Waals surface area (Å²) in [7, 11) is 0. The zero-order valence-corrected chi connectivity index (χ0v) is 8.91. The molecule has 0 bridgehead atoms. The monoisotopic (exact) mass is 282 g/mol. The predicted octanol–water partition coefficient (Wildman–Crippen LogP) is 2.61. The fraction of sp³-hybridized carbons (Fsp3) is 0.200. The van der Waals surface area contributed by atoms with Crippen molar-refractivity contribution < 1.29 is 40.4 Å². The number of rotatable bonds is 0. The van der Waals surface area contributed by atoms with E-state index in [2.05, 4.69) is 24.3 Å². The smallest absolute Gasteiger partial charge is 0 e. The molecule has 2 rings (SSSR count). The van der Waals surface area contributed by atoms with Crippen LogP contribution in [0.4, 0.5) is 0 Å². The van der Waals surface area contributed by atoms with E-state index in [9.17, 15) is 0 Å². The van der Waals surface area contributed by atoms with E-state index in [0.29, 0.717) is 0 Å². The van der Waals surface area contributed by atoms with Crippen molar-refractivity contribution in [3.63, 3.8) is 0 Å². The molecule has 0 N–H and O–H groups in total.